The number of benzene rings is 2. The molecule has 2 aromatic carbocycles. The summed E-state index contributed by atoms with van der Waals surface area (Å²) in [6.07, 6.45) is 0.840. The zero-order valence-electron chi connectivity index (χ0n) is 16.1. The second kappa shape index (κ2) is 7.64. The Balaban J connectivity index is 1.69. The Morgan fingerprint density at radius 1 is 0.964 bits per heavy atom. The van der Waals surface area contributed by atoms with Gasteiger partial charge in [-0.3, -0.25) is 14.4 Å². The maximum absolute atomic E-state index is 13.4. The van der Waals surface area contributed by atoms with Crippen LogP contribution in [0.3, 0.4) is 0 Å². The molecule has 0 aromatic heterocycles. The number of carbonyl (C=O) groups excluding carboxylic acids is 2. The molecule has 0 spiro atoms. The molecule has 2 aromatic rings. The van der Waals surface area contributed by atoms with Crippen molar-refractivity contribution in [2.45, 2.75) is 38.8 Å². The van der Waals surface area contributed by atoms with E-state index in [4.69, 9.17) is 9.57 Å². The fourth-order valence-corrected chi connectivity index (χ4v) is 4.07. The Bertz CT molecular complexity index is 870. The molecule has 4 rings (SSSR count). The summed E-state index contributed by atoms with van der Waals surface area (Å²) in [5.41, 5.74) is 1.34. The fraction of sp³-hybridized carbons (Fsp3) is 0.364. The number of ether oxygens (including phenoxy) is 1. The second-order valence-electron chi connectivity index (χ2n) is 6.98. The lowest BCUT2D eigenvalue weighted by Crippen LogP contribution is -2.40. The molecular weight excluding hydrogens is 356 g/mol. The molecule has 2 fully saturated rings. The quantitative estimate of drug-likeness (QED) is 0.717. The van der Waals surface area contributed by atoms with Crippen LogP contribution in [0.4, 0.5) is 11.4 Å². The molecule has 2 aliphatic rings. The topological polar surface area (TPSA) is 59.1 Å². The summed E-state index contributed by atoms with van der Waals surface area (Å²) in [7, 11) is 0. The van der Waals surface area contributed by atoms with Gasteiger partial charge < -0.3 is 4.74 Å². The summed E-state index contributed by atoms with van der Waals surface area (Å²) in [5, 5.41) is 1.75. The van der Waals surface area contributed by atoms with Crippen molar-refractivity contribution in [2.75, 3.05) is 16.6 Å². The van der Waals surface area contributed by atoms with E-state index < -0.39 is 12.0 Å². The first-order chi connectivity index (χ1) is 13.7. The maximum atomic E-state index is 13.4. The van der Waals surface area contributed by atoms with Crippen LogP contribution in [-0.2, 0) is 14.4 Å². The van der Waals surface area contributed by atoms with E-state index in [9.17, 15) is 9.59 Å². The number of hydroxylamine groups is 1. The summed E-state index contributed by atoms with van der Waals surface area (Å²) in [6, 6.07) is 16.6. The van der Waals surface area contributed by atoms with Crippen LogP contribution in [0.2, 0.25) is 0 Å². The monoisotopic (exact) mass is 380 g/mol. The van der Waals surface area contributed by atoms with Crippen molar-refractivity contribution in [1.82, 2.24) is 0 Å². The van der Waals surface area contributed by atoms with Crippen LogP contribution >= 0.6 is 0 Å². The van der Waals surface area contributed by atoms with Crippen molar-refractivity contribution in [3.8, 4) is 5.75 Å². The van der Waals surface area contributed by atoms with Crippen molar-refractivity contribution >= 4 is 23.2 Å². The van der Waals surface area contributed by atoms with Crippen molar-refractivity contribution in [2.24, 2.45) is 5.92 Å². The number of rotatable bonds is 6. The van der Waals surface area contributed by atoms with E-state index in [-0.39, 0.29) is 17.9 Å². The predicted octanol–water partition coefficient (Wildman–Crippen LogP) is 3.56. The Hall–Kier alpha value is -2.86. The number of imide groups is 1. The molecule has 2 saturated heterocycles. The minimum Gasteiger partial charge on any atom is -0.492 e. The van der Waals surface area contributed by atoms with Crippen LogP contribution in [0.1, 0.15) is 26.7 Å². The molecule has 0 saturated carbocycles. The maximum Gasteiger partial charge on any atom is 0.266 e. The van der Waals surface area contributed by atoms with E-state index in [1.807, 2.05) is 43.3 Å². The van der Waals surface area contributed by atoms with E-state index in [2.05, 4.69) is 6.92 Å². The van der Waals surface area contributed by atoms with Crippen molar-refractivity contribution < 1.29 is 19.2 Å². The van der Waals surface area contributed by atoms with Gasteiger partial charge in [0.25, 0.3) is 5.91 Å². The van der Waals surface area contributed by atoms with Crippen LogP contribution in [0, 0.1) is 5.92 Å². The number of carbonyl (C=O) groups is 2. The second-order valence-corrected chi connectivity index (χ2v) is 6.98. The van der Waals surface area contributed by atoms with Gasteiger partial charge in [-0.15, -0.1) is 0 Å². The van der Waals surface area contributed by atoms with Gasteiger partial charge in [0, 0.05) is 0 Å². The molecule has 0 aliphatic carbocycles. The van der Waals surface area contributed by atoms with Gasteiger partial charge in [-0.2, -0.15) is 0 Å². The molecule has 6 heteroatoms. The number of hydrogen-bond acceptors (Lipinski definition) is 5. The highest BCUT2D eigenvalue weighted by molar-refractivity contribution is 6.24. The molecule has 0 unspecified atom stereocenters. The lowest BCUT2D eigenvalue weighted by atomic mass is 9.93. The first kappa shape index (κ1) is 18.5. The fourth-order valence-electron chi connectivity index (χ4n) is 4.07. The molecule has 0 bridgehead atoms. The predicted molar refractivity (Wildman–Crippen MR) is 106 cm³/mol. The molecule has 2 aliphatic heterocycles. The summed E-state index contributed by atoms with van der Waals surface area (Å²) in [5.74, 6) is -0.554. The normalized spacial score (nSPS) is 24.0. The van der Waals surface area contributed by atoms with Gasteiger partial charge in [-0.25, -0.2) is 9.96 Å². The minimum atomic E-state index is -0.807. The zero-order chi connectivity index (χ0) is 19.7. The lowest BCUT2D eigenvalue weighted by Gasteiger charge is -2.28. The number of anilines is 2. The molecular formula is C22H24N2O4. The standard InChI is InChI=1S/C22H24N2O4/c1-3-10-17-19-20(28-24(17)15-11-6-5-7-12-15)22(26)23(21(19)25)16-13-8-9-14-18(16)27-4-2/h5-9,11-14,17,19-20H,3-4,10H2,1-2H3/t17-,19+,20+/m1/s1. The molecule has 28 heavy (non-hydrogen) atoms. The Morgan fingerprint density at radius 2 is 1.68 bits per heavy atom. The van der Waals surface area contributed by atoms with E-state index in [0.717, 1.165) is 18.5 Å². The molecule has 146 valence electrons. The smallest absolute Gasteiger partial charge is 0.266 e. The van der Waals surface area contributed by atoms with Gasteiger partial charge in [0.15, 0.2) is 6.10 Å². The van der Waals surface area contributed by atoms with Crippen LogP contribution < -0.4 is 14.7 Å². The average molecular weight is 380 g/mol. The van der Waals surface area contributed by atoms with Crippen LogP contribution in [0.25, 0.3) is 0 Å². The molecule has 2 heterocycles. The third-order valence-electron chi connectivity index (χ3n) is 5.24. The summed E-state index contributed by atoms with van der Waals surface area (Å²) < 4.78 is 5.64. The zero-order valence-corrected chi connectivity index (χ0v) is 16.1. The average Bonchev–Trinajstić information content (AvgIpc) is 3.20. The summed E-state index contributed by atoms with van der Waals surface area (Å²) in [4.78, 5) is 33.8. The SMILES string of the molecule is CCC[C@@H]1[C@@H]2C(=O)N(c3ccccc3OCC)C(=O)[C@H]2ON1c1ccccc1. The van der Waals surface area contributed by atoms with Gasteiger partial charge in [0.2, 0.25) is 5.91 Å². The van der Waals surface area contributed by atoms with E-state index in [1.54, 1.807) is 23.3 Å². The minimum absolute atomic E-state index is 0.182. The van der Waals surface area contributed by atoms with Gasteiger partial charge in [-0.1, -0.05) is 43.7 Å². The largest absolute Gasteiger partial charge is 0.492 e. The van der Waals surface area contributed by atoms with Gasteiger partial charge in [0.05, 0.1) is 29.9 Å². The van der Waals surface area contributed by atoms with E-state index in [1.165, 1.54) is 4.90 Å². The molecule has 0 N–H and O–H groups in total. The summed E-state index contributed by atoms with van der Waals surface area (Å²) >= 11 is 0. The highest BCUT2D eigenvalue weighted by Crippen LogP contribution is 2.43. The first-order valence-electron chi connectivity index (χ1n) is 9.78. The Morgan fingerprint density at radius 3 is 2.39 bits per heavy atom. The van der Waals surface area contributed by atoms with Crippen molar-refractivity contribution in [3.63, 3.8) is 0 Å². The molecule has 3 atom stereocenters. The first-order valence-corrected chi connectivity index (χ1v) is 9.78. The highest BCUT2D eigenvalue weighted by atomic mass is 16.7. The van der Waals surface area contributed by atoms with Gasteiger partial charge >= 0.3 is 0 Å². The molecule has 0 radical (unpaired) electrons. The van der Waals surface area contributed by atoms with Crippen molar-refractivity contribution in [3.05, 3.63) is 54.6 Å². The highest BCUT2D eigenvalue weighted by Gasteiger charge is 2.59. The summed E-state index contributed by atoms with van der Waals surface area (Å²) in [6.45, 7) is 4.40. The van der Waals surface area contributed by atoms with E-state index in [0.29, 0.717) is 18.0 Å². The number of para-hydroxylation sites is 3. The number of amides is 2. The third-order valence-corrected chi connectivity index (χ3v) is 5.24. The van der Waals surface area contributed by atoms with E-state index >= 15 is 0 Å². The van der Waals surface area contributed by atoms with Crippen LogP contribution in [0.15, 0.2) is 54.6 Å². The number of fused-ring (bicyclic) bond motifs is 1. The Labute approximate surface area is 164 Å². The van der Waals surface area contributed by atoms with Crippen molar-refractivity contribution in [1.29, 1.82) is 0 Å². The van der Waals surface area contributed by atoms with Gasteiger partial charge in [-0.05, 0) is 37.6 Å². The van der Waals surface area contributed by atoms with Crippen LogP contribution in [-0.4, -0.2) is 30.6 Å². The number of nitrogens with zero attached hydrogens (tertiary/aromatic N) is 2. The molecule has 6 nitrogen and oxygen atoms in total. The Kier molecular flexibility index (Phi) is 5.05. The van der Waals surface area contributed by atoms with Gasteiger partial charge in [0.1, 0.15) is 5.75 Å². The third kappa shape index (κ3) is 2.94. The van der Waals surface area contributed by atoms with Crippen LogP contribution in [0.5, 0.6) is 5.75 Å². The molecule has 2 amide bonds. The number of hydrogen-bond donors (Lipinski definition) is 0. The lowest BCUT2D eigenvalue weighted by molar-refractivity contribution is -0.126.